The van der Waals surface area contributed by atoms with Crippen molar-refractivity contribution < 1.29 is 4.79 Å². The fraction of sp³-hybridized carbons (Fsp3) is 0.267. The minimum absolute atomic E-state index is 0.0691. The highest BCUT2D eigenvalue weighted by molar-refractivity contribution is 7.07. The second kappa shape index (κ2) is 6.38. The summed E-state index contributed by atoms with van der Waals surface area (Å²) >= 11 is 1.64. The lowest BCUT2D eigenvalue weighted by Gasteiger charge is -2.12. The topological polar surface area (TPSA) is 55.1 Å². The molecule has 1 atom stereocenters. The van der Waals surface area contributed by atoms with Crippen LogP contribution in [0.3, 0.4) is 0 Å². The number of hydrogen-bond donors (Lipinski definition) is 2. The molecule has 100 valence electrons. The van der Waals surface area contributed by atoms with Gasteiger partial charge in [-0.15, -0.1) is 0 Å². The molecule has 0 bridgehead atoms. The van der Waals surface area contributed by atoms with Crippen LogP contribution in [0.15, 0.2) is 41.1 Å². The number of amides is 1. The molecule has 0 saturated heterocycles. The molecule has 0 aliphatic carbocycles. The smallest absolute Gasteiger partial charge is 0.220 e. The van der Waals surface area contributed by atoms with E-state index >= 15 is 0 Å². The highest BCUT2D eigenvalue weighted by atomic mass is 32.1. The summed E-state index contributed by atoms with van der Waals surface area (Å²) in [4.78, 5) is 11.9. The van der Waals surface area contributed by atoms with Crippen LogP contribution in [0.5, 0.6) is 0 Å². The summed E-state index contributed by atoms with van der Waals surface area (Å²) in [6, 6.07) is 9.77. The van der Waals surface area contributed by atoms with Crippen molar-refractivity contribution in [2.45, 2.75) is 25.8 Å². The molecule has 1 heterocycles. The zero-order valence-corrected chi connectivity index (χ0v) is 11.7. The van der Waals surface area contributed by atoms with Gasteiger partial charge < -0.3 is 11.1 Å². The van der Waals surface area contributed by atoms with E-state index in [9.17, 15) is 4.79 Å². The van der Waals surface area contributed by atoms with Crippen LogP contribution < -0.4 is 11.1 Å². The molecule has 3 N–H and O–H groups in total. The maximum Gasteiger partial charge on any atom is 0.220 e. The van der Waals surface area contributed by atoms with Crippen LogP contribution in [0.1, 0.15) is 30.5 Å². The van der Waals surface area contributed by atoms with Gasteiger partial charge in [0.2, 0.25) is 5.91 Å². The Bertz CT molecular complexity index is 537. The number of nitrogens with one attached hydrogen (secondary N) is 1. The molecule has 2 rings (SSSR count). The van der Waals surface area contributed by atoms with E-state index < -0.39 is 0 Å². The van der Waals surface area contributed by atoms with Crippen molar-refractivity contribution in [3.8, 4) is 0 Å². The van der Waals surface area contributed by atoms with Gasteiger partial charge in [-0.3, -0.25) is 4.79 Å². The van der Waals surface area contributed by atoms with Crippen LogP contribution in [0.2, 0.25) is 0 Å². The van der Waals surface area contributed by atoms with Crippen LogP contribution in [0.25, 0.3) is 0 Å². The first-order valence-corrected chi connectivity index (χ1v) is 7.25. The van der Waals surface area contributed by atoms with Crippen molar-refractivity contribution in [2.75, 3.05) is 5.73 Å². The molecule has 1 aromatic heterocycles. The normalized spacial score (nSPS) is 12.1. The molecule has 0 aliphatic rings. The Balaban J connectivity index is 1.82. The monoisotopic (exact) mass is 274 g/mol. The van der Waals surface area contributed by atoms with Crippen LogP contribution in [0, 0.1) is 0 Å². The SMILES string of the molecule is CC(NC(=O)CCc1cccc(N)c1)c1ccsc1. The van der Waals surface area contributed by atoms with Gasteiger partial charge in [0.25, 0.3) is 0 Å². The quantitative estimate of drug-likeness (QED) is 0.823. The van der Waals surface area contributed by atoms with Crippen molar-refractivity contribution in [1.82, 2.24) is 5.32 Å². The molecule has 0 fully saturated rings. The zero-order chi connectivity index (χ0) is 13.7. The van der Waals surface area contributed by atoms with Crippen molar-refractivity contribution in [2.24, 2.45) is 0 Å². The lowest BCUT2D eigenvalue weighted by Crippen LogP contribution is -2.26. The van der Waals surface area contributed by atoms with Gasteiger partial charge in [-0.05, 0) is 53.4 Å². The Morgan fingerprint density at radius 2 is 2.26 bits per heavy atom. The van der Waals surface area contributed by atoms with Crippen molar-refractivity contribution in [3.63, 3.8) is 0 Å². The molecule has 1 aromatic carbocycles. The Hall–Kier alpha value is -1.81. The number of carbonyl (C=O) groups excluding carboxylic acids is 1. The van der Waals surface area contributed by atoms with E-state index in [0.717, 1.165) is 16.8 Å². The average molecular weight is 274 g/mol. The number of rotatable bonds is 5. The fourth-order valence-electron chi connectivity index (χ4n) is 1.92. The van der Waals surface area contributed by atoms with Gasteiger partial charge in [-0.25, -0.2) is 0 Å². The van der Waals surface area contributed by atoms with Gasteiger partial charge in [-0.2, -0.15) is 11.3 Å². The van der Waals surface area contributed by atoms with E-state index in [1.54, 1.807) is 11.3 Å². The summed E-state index contributed by atoms with van der Waals surface area (Å²) in [5.41, 5.74) is 8.70. The largest absolute Gasteiger partial charge is 0.399 e. The molecule has 0 spiro atoms. The van der Waals surface area contributed by atoms with Gasteiger partial charge in [0.05, 0.1) is 6.04 Å². The molecule has 1 unspecified atom stereocenters. The number of thiophene rings is 1. The Kier molecular flexibility index (Phi) is 4.58. The van der Waals surface area contributed by atoms with E-state index in [2.05, 4.69) is 10.7 Å². The number of nitrogens with two attached hydrogens (primary N) is 1. The number of carbonyl (C=O) groups is 1. The fourth-order valence-corrected chi connectivity index (χ4v) is 2.68. The van der Waals surface area contributed by atoms with Gasteiger partial charge >= 0.3 is 0 Å². The zero-order valence-electron chi connectivity index (χ0n) is 10.9. The first-order valence-electron chi connectivity index (χ1n) is 6.31. The Labute approximate surface area is 117 Å². The van der Waals surface area contributed by atoms with Crippen LogP contribution in [-0.4, -0.2) is 5.91 Å². The molecule has 4 heteroatoms. The number of aryl methyl sites for hydroxylation is 1. The van der Waals surface area contributed by atoms with E-state index in [0.29, 0.717) is 12.8 Å². The van der Waals surface area contributed by atoms with Gasteiger partial charge in [-0.1, -0.05) is 12.1 Å². The highest BCUT2D eigenvalue weighted by Gasteiger charge is 2.09. The molecule has 0 radical (unpaired) electrons. The number of nitrogen functional groups attached to an aromatic ring is 1. The van der Waals surface area contributed by atoms with Gasteiger partial charge in [0.15, 0.2) is 0 Å². The van der Waals surface area contributed by atoms with Gasteiger partial charge in [0, 0.05) is 12.1 Å². The summed E-state index contributed by atoms with van der Waals surface area (Å²) in [5.74, 6) is 0.0705. The summed E-state index contributed by atoms with van der Waals surface area (Å²) in [6.45, 7) is 2.00. The second-order valence-corrected chi connectivity index (χ2v) is 5.37. The predicted octanol–water partition coefficient (Wildman–Crippen LogP) is 3.14. The van der Waals surface area contributed by atoms with E-state index in [1.807, 2.05) is 42.6 Å². The number of anilines is 1. The predicted molar refractivity (Wildman–Crippen MR) is 80.1 cm³/mol. The maximum atomic E-state index is 11.9. The van der Waals surface area contributed by atoms with Crippen molar-refractivity contribution in [1.29, 1.82) is 0 Å². The van der Waals surface area contributed by atoms with Crippen LogP contribution in [0.4, 0.5) is 5.69 Å². The first-order chi connectivity index (χ1) is 9.15. The van der Waals surface area contributed by atoms with Crippen molar-refractivity contribution >= 4 is 22.9 Å². The average Bonchev–Trinajstić information content (AvgIpc) is 2.90. The molecule has 2 aromatic rings. The molecule has 3 nitrogen and oxygen atoms in total. The summed E-state index contributed by atoms with van der Waals surface area (Å²) in [7, 11) is 0. The van der Waals surface area contributed by atoms with Crippen LogP contribution in [-0.2, 0) is 11.2 Å². The first kappa shape index (κ1) is 13.6. The second-order valence-electron chi connectivity index (χ2n) is 4.59. The Morgan fingerprint density at radius 1 is 1.42 bits per heavy atom. The molecule has 1 amide bonds. The molecule has 0 saturated carbocycles. The van der Waals surface area contributed by atoms with Gasteiger partial charge in [0.1, 0.15) is 0 Å². The van der Waals surface area contributed by atoms with E-state index in [-0.39, 0.29) is 11.9 Å². The third-order valence-electron chi connectivity index (χ3n) is 3.01. The standard InChI is InChI=1S/C15H18N2OS/c1-11(13-7-8-19-10-13)17-15(18)6-5-12-3-2-4-14(16)9-12/h2-4,7-11H,5-6,16H2,1H3,(H,17,18). The lowest BCUT2D eigenvalue weighted by molar-refractivity contribution is -0.121. The highest BCUT2D eigenvalue weighted by Crippen LogP contribution is 2.16. The third kappa shape index (κ3) is 4.10. The number of benzene rings is 1. The summed E-state index contributed by atoms with van der Waals surface area (Å²) < 4.78 is 0. The molecular formula is C15H18N2OS. The Morgan fingerprint density at radius 3 is 2.95 bits per heavy atom. The summed E-state index contributed by atoms with van der Waals surface area (Å²) in [6.07, 6.45) is 1.20. The number of hydrogen-bond acceptors (Lipinski definition) is 3. The third-order valence-corrected chi connectivity index (χ3v) is 3.71. The minimum Gasteiger partial charge on any atom is -0.399 e. The summed E-state index contributed by atoms with van der Waals surface area (Å²) in [5, 5.41) is 7.08. The van der Waals surface area contributed by atoms with E-state index in [4.69, 9.17) is 5.73 Å². The maximum absolute atomic E-state index is 11.9. The lowest BCUT2D eigenvalue weighted by atomic mass is 10.1. The minimum atomic E-state index is 0.0691. The molecular weight excluding hydrogens is 256 g/mol. The molecule has 0 aliphatic heterocycles. The van der Waals surface area contributed by atoms with Crippen molar-refractivity contribution in [3.05, 3.63) is 52.2 Å². The van der Waals surface area contributed by atoms with E-state index in [1.165, 1.54) is 0 Å². The molecule has 19 heavy (non-hydrogen) atoms. The van der Waals surface area contributed by atoms with Crippen LogP contribution >= 0.6 is 11.3 Å².